The molecule has 5 heteroatoms. The van der Waals surface area contributed by atoms with Crippen molar-refractivity contribution in [1.29, 1.82) is 0 Å². The molecule has 0 spiro atoms. The molecule has 3 rings (SSSR count). The summed E-state index contributed by atoms with van der Waals surface area (Å²) in [6.45, 7) is 12.4. The van der Waals surface area contributed by atoms with Gasteiger partial charge in [0.1, 0.15) is 0 Å². The Morgan fingerprint density at radius 3 is 2.34 bits per heavy atom. The van der Waals surface area contributed by atoms with Crippen LogP contribution in [0.2, 0.25) is 0 Å². The molecule has 2 fully saturated rings. The molecule has 1 N–H and O–H groups in total. The molecule has 4 nitrogen and oxygen atoms in total. The molecule has 182 valence electrons. The van der Waals surface area contributed by atoms with Gasteiger partial charge in [-0.25, -0.2) is 8.42 Å². The molecule has 1 aromatic rings. The molecule has 1 aromatic carbocycles. The van der Waals surface area contributed by atoms with Gasteiger partial charge in [-0.2, -0.15) is 0 Å². The van der Waals surface area contributed by atoms with Gasteiger partial charge < -0.3 is 9.84 Å². The maximum Gasteiger partial charge on any atom is 0.181 e. The largest absolute Gasteiger partial charge is 0.388 e. The number of hydrogen-bond acceptors (Lipinski definition) is 4. The third kappa shape index (κ3) is 5.26. The average Bonchev–Trinajstić information content (AvgIpc) is 3.07. The van der Waals surface area contributed by atoms with Gasteiger partial charge in [-0.15, -0.1) is 0 Å². The minimum absolute atomic E-state index is 0.0628. The normalized spacial score (nSPS) is 30.8. The SMILES string of the molecule is CC(C)O[C@@H](CC[C@@H](C)[C@H]1CC[C@H]2[C@H](S(=O)(=O)c3ccccc3)CCC[C@]12C)C(C)(C)O. The van der Waals surface area contributed by atoms with E-state index in [9.17, 15) is 13.5 Å². The smallest absolute Gasteiger partial charge is 0.181 e. The van der Waals surface area contributed by atoms with E-state index in [2.05, 4.69) is 13.8 Å². The lowest BCUT2D eigenvalue weighted by Crippen LogP contribution is -2.45. The monoisotopic (exact) mass is 464 g/mol. The maximum atomic E-state index is 13.5. The second-order valence-corrected chi connectivity index (χ2v) is 13.6. The fourth-order valence-electron chi connectivity index (χ4n) is 6.78. The zero-order valence-corrected chi connectivity index (χ0v) is 21.7. The highest BCUT2D eigenvalue weighted by atomic mass is 32.2. The van der Waals surface area contributed by atoms with Gasteiger partial charge in [-0.1, -0.05) is 38.5 Å². The maximum absolute atomic E-state index is 13.5. The summed E-state index contributed by atoms with van der Waals surface area (Å²) in [5, 5.41) is 10.3. The van der Waals surface area contributed by atoms with Crippen LogP contribution in [-0.4, -0.2) is 36.6 Å². The first-order valence-corrected chi connectivity index (χ1v) is 14.1. The van der Waals surface area contributed by atoms with E-state index in [-0.39, 0.29) is 28.8 Å². The molecular weight excluding hydrogens is 420 g/mol. The molecule has 32 heavy (non-hydrogen) atoms. The van der Waals surface area contributed by atoms with Crippen LogP contribution in [0, 0.1) is 23.2 Å². The van der Waals surface area contributed by atoms with Gasteiger partial charge in [0, 0.05) is 0 Å². The molecule has 0 bridgehead atoms. The molecule has 0 aromatic heterocycles. The molecule has 6 atom stereocenters. The Morgan fingerprint density at radius 2 is 1.75 bits per heavy atom. The number of rotatable bonds is 9. The first-order valence-electron chi connectivity index (χ1n) is 12.5. The van der Waals surface area contributed by atoms with Gasteiger partial charge in [0.25, 0.3) is 0 Å². The van der Waals surface area contributed by atoms with Crippen LogP contribution < -0.4 is 0 Å². The van der Waals surface area contributed by atoms with Gasteiger partial charge in [-0.3, -0.25) is 0 Å². The first kappa shape index (κ1) is 25.7. The topological polar surface area (TPSA) is 63.6 Å². The van der Waals surface area contributed by atoms with E-state index >= 15 is 0 Å². The highest BCUT2D eigenvalue weighted by molar-refractivity contribution is 7.92. The Morgan fingerprint density at radius 1 is 1.09 bits per heavy atom. The van der Waals surface area contributed by atoms with Crippen LogP contribution in [0.15, 0.2) is 35.2 Å². The molecule has 0 unspecified atom stereocenters. The van der Waals surface area contributed by atoms with Crippen molar-refractivity contribution in [2.45, 2.75) is 114 Å². The lowest BCUT2D eigenvalue weighted by Gasteiger charge is -2.46. The van der Waals surface area contributed by atoms with E-state index in [0.29, 0.717) is 16.7 Å². The number of fused-ring (bicyclic) bond motifs is 1. The van der Waals surface area contributed by atoms with Crippen molar-refractivity contribution in [3.63, 3.8) is 0 Å². The third-order valence-electron chi connectivity index (χ3n) is 8.40. The second kappa shape index (κ2) is 9.76. The fourth-order valence-corrected chi connectivity index (χ4v) is 9.03. The summed E-state index contributed by atoms with van der Waals surface area (Å²) >= 11 is 0. The molecule has 0 aliphatic heterocycles. The van der Waals surface area contributed by atoms with E-state index in [1.54, 1.807) is 12.1 Å². The van der Waals surface area contributed by atoms with Gasteiger partial charge >= 0.3 is 0 Å². The second-order valence-electron chi connectivity index (χ2n) is 11.5. The summed E-state index contributed by atoms with van der Waals surface area (Å²) in [5.74, 6) is 1.22. The zero-order valence-electron chi connectivity index (χ0n) is 20.9. The number of aliphatic hydroxyl groups is 1. The Balaban J connectivity index is 1.74. The number of ether oxygens (including phenoxy) is 1. The lowest BCUT2D eigenvalue weighted by atomic mass is 9.62. The zero-order chi connectivity index (χ0) is 23.7. The Kier molecular flexibility index (Phi) is 7.84. The summed E-state index contributed by atoms with van der Waals surface area (Å²) in [7, 11) is -3.32. The molecule has 0 amide bonds. The van der Waals surface area contributed by atoms with Crippen LogP contribution in [0.4, 0.5) is 0 Å². The van der Waals surface area contributed by atoms with Gasteiger partial charge in [0.05, 0.1) is 28.0 Å². The van der Waals surface area contributed by atoms with Gasteiger partial charge in [0.2, 0.25) is 0 Å². The lowest BCUT2D eigenvalue weighted by molar-refractivity contribution is -0.115. The van der Waals surface area contributed by atoms with E-state index in [1.165, 1.54) is 0 Å². The minimum atomic E-state index is -3.32. The van der Waals surface area contributed by atoms with Crippen molar-refractivity contribution < 1.29 is 18.3 Å². The predicted octanol–water partition coefficient (Wildman–Crippen LogP) is 6.03. The van der Waals surface area contributed by atoms with Crippen molar-refractivity contribution in [3.8, 4) is 0 Å². The van der Waals surface area contributed by atoms with Crippen molar-refractivity contribution in [1.82, 2.24) is 0 Å². The van der Waals surface area contributed by atoms with Crippen LogP contribution in [0.3, 0.4) is 0 Å². The Bertz CT molecular complexity index is 842. The number of sulfone groups is 1. The predicted molar refractivity (Wildman–Crippen MR) is 130 cm³/mol. The van der Waals surface area contributed by atoms with Crippen molar-refractivity contribution >= 4 is 9.84 Å². The van der Waals surface area contributed by atoms with E-state index in [1.807, 2.05) is 45.9 Å². The molecule has 0 radical (unpaired) electrons. The van der Waals surface area contributed by atoms with Crippen LogP contribution in [-0.2, 0) is 14.6 Å². The van der Waals surface area contributed by atoms with E-state index in [4.69, 9.17) is 4.74 Å². The van der Waals surface area contributed by atoms with Crippen molar-refractivity contribution in [2.24, 2.45) is 23.2 Å². The van der Waals surface area contributed by atoms with Crippen LogP contribution in [0.5, 0.6) is 0 Å². The summed E-state index contributed by atoms with van der Waals surface area (Å²) < 4.78 is 33.1. The third-order valence-corrected chi connectivity index (χ3v) is 10.7. The molecule has 0 heterocycles. The summed E-state index contributed by atoms with van der Waals surface area (Å²) in [5.41, 5.74) is -0.806. The average molecular weight is 465 g/mol. The van der Waals surface area contributed by atoms with E-state index < -0.39 is 15.4 Å². The summed E-state index contributed by atoms with van der Waals surface area (Å²) in [6.07, 6.45) is 6.68. The number of benzene rings is 1. The van der Waals surface area contributed by atoms with Crippen molar-refractivity contribution in [3.05, 3.63) is 30.3 Å². The molecular formula is C27H44O4S. The first-order chi connectivity index (χ1) is 14.9. The Hall–Kier alpha value is -0.910. The number of hydrogen-bond donors (Lipinski definition) is 1. The van der Waals surface area contributed by atoms with Crippen LogP contribution in [0.1, 0.15) is 86.5 Å². The molecule has 0 saturated heterocycles. The van der Waals surface area contributed by atoms with Crippen LogP contribution in [0.25, 0.3) is 0 Å². The quantitative estimate of drug-likeness (QED) is 0.485. The molecule has 2 saturated carbocycles. The Labute approximate surface area is 196 Å². The summed E-state index contributed by atoms with van der Waals surface area (Å²) in [4.78, 5) is 0.476. The molecule has 2 aliphatic carbocycles. The van der Waals surface area contributed by atoms with Crippen molar-refractivity contribution in [2.75, 3.05) is 0 Å². The van der Waals surface area contributed by atoms with E-state index in [0.717, 1.165) is 44.9 Å². The van der Waals surface area contributed by atoms with Gasteiger partial charge in [0.15, 0.2) is 9.84 Å². The standard InChI is InChI=1S/C27H44O4S/c1-19(2)31-25(26(4,5)28)17-14-20(3)22-15-16-23-24(13-10-18-27(22,23)6)32(29,30)21-11-8-7-9-12-21/h7-9,11-12,19-20,22-25,28H,10,13-18H2,1-6H3/t20-,22-,23+,24-,25+,27-/m1/s1. The highest BCUT2D eigenvalue weighted by Crippen LogP contribution is 2.60. The van der Waals surface area contributed by atoms with Gasteiger partial charge in [-0.05, 0) is 102 Å². The molecule has 2 aliphatic rings. The minimum Gasteiger partial charge on any atom is -0.388 e. The van der Waals surface area contributed by atoms with Crippen LogP contribution >= 0.6 is 0 Å². The highest BCUT2D eigenvalue weighted by Gasteiger charge is 2.55. The summed E-state index contributed by atoms with van der Waals surface area (Å²) in [6, 6.07) is 9.03. The fraction of sp³-hybridized carbons (Fsp3) is 0.778.